The Morgan fingerprint density at radius 1 is 0.953 bits per heavy atom. The zero-order chi connectivity index (χ0) is 31.7. The molecule has 4 rings (SSSR count). The molecule has 7 atom stereocenters. The third-order valence-electron chi connectivity index (χ3n) is 10.3. The van der Waals surface area contributed by atoms with Crippen molar-refractivity contribution in [1.82, 2.24) is 0 Å². The monoisotopic (exact) mass is 664 g/mol. The van der Waals surface area contributed by atoms with Crippen LogP contribution in [0.3, 0.4) is 0 Å². The Kier molecular flexibility index (Phi) is 10.1. The Morgan fingerprint density at radius 2 is 1.49 bits per heavy atom. The van der Waals surface area contributed by atoms with E-state index in [-0.39, 0.29) is 47.3 Å². The van der Waals surface area contributed by atoms with Crippen molar-refractivity contribution in [3.8, 4) is 0 Å². The van der Waals surface area contributed by atoms with Gasteiger partial charge in [0.1, 0.15) is 12.4 Å². The number of carbonyl (C=O) groups is 2. The molecule has 0 spiro atoms. The number of ketones is 1. The van der Waals surface area contributed by atoms with Crippen molar-refractivity contribution in [3.63, 3.8) is 0 Å². The summed E-state index contributed by atoms with van der Waals surface area (Å²) in [5.74, 6) is 0.495. The average molecular weight is 666 g/mol. The molecular weight excluding hydrogens is 616 g/mol. The molecular formula is C37H49BrO4Si. The Morgan fingerprint density at radius 3 is 1.95 bits per heavy atom. The fraction of sp³-hybridized carbons (Fsp3) is 0.514. The molecule has 2 aliphatic carbocycles. The fourth-order valence-electron chi connectivity index (χ4n) is 8.28. The second-order valence-corrected chi connectivity index (χ2v) is 19.3. The number of rotatable bonds is 8. The lowest BCUT2D eigenvalue weighted by Crippen LogP contribution is -2.70. The number of hydrogen-bond donors (Lipinski definition) is 0. The molecule has 2 aromatic rings. The van der Waals surface area contributed by atoms with Crippen LogP contribution in [0.4, 0.5) is 0 Å². The van der Waals surface area contributed by atoms with E-state index in [1.54, 1.807) is 6.92 Å². The third kappa shape index (κ3) is 6.17. The Labute approximate surface area is 268 Å². The molecule has 0 aromatic heterocycles. The highest BCUT2D eigenvalue weighted by Crippen LogP contribution is 2.60. The molecule has 1 saturated carbocycles. The van der Waals surface area contributed by atoms with Crippen LogP contribution in [0.5, 0.6) is 0 Å². The number of hydrogen-bond acceptors (Lipinski definition) is 4. The second kappa shape index (κ2) is 13.0. The van der Waals surface area contributed by atoms with Crippen LogP contribution in [0.15, 0.2) is 82.9 Å². The van der Waals surface area contributed by atoms with Crippen molar-refractivity contribution in [1.29, 1.82) is 0 Å². The molecule has 0 amide bonds. The number of carbonyl (C=O) groups excluding carboxylic acids is 2. The lowest BCUT2D eigenvalue weighted by molar-refractivity contribution is -0.141. The molecule has 1 fully saturated rings. The molecule has 0 N–H and O–H groups in total. The first-order chi connectivity index (χ1) is 20.2. The summed E-state index contributed by atoms with van der Waals surface area (Å²) in [6, 6.07) is 21.7. The molecule has 232 valence electrons. The van der Waals surface area contributed by atoms with Crippen molar-refractivity contribution in [2.45, 2.75) is 79.9 Å². The predicted octanol–water partition coefficient (Wildman–Crippen LogP) is 7.85. The molecule has 43 heavy (non-hydrogen) atoms. The van der Waals surface area contributed by atoms with Gasteiger partial charge >= 0.3 is 5.97 Å². The van der Waals surface area contributed by atoms with E-state index < -0.39 is 13.7 Å². The number of halogens is 1. The SMILES string of the molecule is CC(=O)OC/C=C(\C)[C@@H]1C=C(Br)[C@@H]2[C@@H](O[Si](c3ccccc3)(c3ccccc3)C(C)(C)C)[C@@H](C)C[C@H](C)[C@H]2[C@]1(C)C(C)=O. The lowest BCUT2D eigenvalue weighted by Gasteiger charge is -2.58. The van der Waals surface area contributed by atoms with Gasteiger partial charge in [0.2, 0.25) is 0 Å². The van der Waals surface area contributed by atoms with Gasteiger partial charge in [-0.2, -0.15) is 0 Å². The van der Waals surface area contributed by atoms with E-state index in [1.807, 2.05) is 6.08 Å². The topological polar surface area (TPSA) is 52.6 Å². The van der Waals surface area contributed by atoms with Gasteiger partial charge in [0, 0.05) is 24.2 Å². The minimum Gasteiger partial charge on any atom is -0.462 e. The summed E-state index contributed by atoms with van der Waals surface area (Å²) >= 11 is 4.07. The van der Waals surface area contributed by atoms with E-state index in [0.29, 0.717) is 11.8 Å². The highest BCUT2D eigenvalue weighted by Gasteiger charge is 2.61. The van der Waals surface area contributed by atoms with Crippen molar-refractivity contribution in [2.24, 2.45) is 35.0 Å². The molecule has 0 heterocycles. The summed E-state index contributed by atoms with van der Waals surface area (Å²) in [4.78, 5) is 25.3. The lowest BCUT2D eigenvalue weighted by atomic mass is 9.49. The zero-order valence-electron chi connectivity index (χ0n) is 27.3. The van der Waals surface area contributed by atoms with Crippen LogP contribution < -0.4 is 10.4 Å². The van der Waals surface area contributed by atoms with Gasteiger partial charge in [0.15, 0.2) is 0 Å². The van der Waals surface area contributed by atoms with E-state index in [2.05, 4.69) is 131 Å². The molecule has 0 saturated heterocycles. The molecule has 0 radical (unpaired) electrons. The highest BCUT2D eigenvalue weighted by atomic mass is 79.9. The summed E-state index contributed by atoms with van der Waals surface area (Å²) in [5.41, 5.74) is 0.412. The number of allylic oxidation sites excluding steroid dienone is 2. The summed E-state index contributed by atoms with van der Waals surface area (Å²) in [5, 5.41) is 2.38. The van der Waals surface area contributed by atoms with Crippen molar-refractivity contribution >= 4 is 46.4 Å². The first kappa shape index (κ1) is 33.6. The van der Waals surface area contributed by atoms with Gasteiger partial charge in [-0.1, -0.05) is 130 Å². The zero-order valence-corrected chi connectivity index (χ0v) is 29.9. The summed E-state index contributed by atoms with van der Waals surface area (Å²) in [6.07, 6.45) is 5.10. The number of benzene rings is 2. The Balaban J connectivity index is 1.91. The molecule has 6 heteroatoms. The van der Waals surface area contributed by atoms with Crippen LogP contribution in [0.1, 0.15) is 68.7 Å². The van der Waals surface area contributed by atoms with E-state index in [1.165, 1.54) is 17.3 Å². The van der Waals surface area contributed by atoms with Gasteiger partial charge in [-0.05, 0) is 64.0 Å². The van der Waals surface area contributed by atoms with Gasteiger partial charge in [0.25, 0.3) is 8.32 Å². The molecule has 0 aliphatic heterocycles. The van der Waals surface area contributed by atoms with Crippen molar-refractivity contribution in [2.75, 3.05) is 6.61 Å². The third-order valence-corrected chi connectivity index (χ3v) is 16.1. The van der Waals surface area contributed by atoms with E-state index in [4.69, 9.17) is 9.16 Å². The largest absolute Gasteiger partial charge is 0.462 e. The standard InChI is InChI=1S/C37H49BrO4Si/c1-24(20-21-41-28(5)40)31-23-32(38)33-34(37(31,9)27(4)39)25(2)22-26(3)35(33)42-43(36(6,7)8,29-16-12-10-13-17-29)30-18-14-11-15-19-30/h10-20,23,25-26,31,33-35H,21-22H2,1-9H3/b24-20+/t25-,26-,31-,33-,34+,35-,37+/m0/s1. The minimum atomic E-state index is -2.84. The molecule has 0 unspecified atom stereocenters. The maximum absolute atomic E-state index is 13.8. The highest BCUT2D eigenvalue weighted by molar-refractivity contribution is 9.11. The number of esters is 1. The number of fused-ring (bicyclic) bond motifs is 1. The average Bonchev–Trinajstić information content (AvgIpc) is 2.94. The van der Waals surface area contributed by atoms with Gasteiger partial charge in [-0.3, -0.25) is 9.59 Å². The fourth-order valence-corrected chi connectivity index (χ4v) is 13.9. The Hall–Kier alpha value is -2.28. The smallest absolute Gasteiger partial charge is 0.302 e. The summed E-state index contributed by atoms with van der Waals surface area (Å²) < 4.78 is 14.2. The van der Waals surface area contributed by atoms with Crippen LogP contribution in [0, 0.1) is 35.0 Å². The van der Waals surface area contributed by atoms with Gasteiger partial charge in [0.05, 0.1) is 6.10 Å². The maximum atomic E-state index is 13.8. The molecule has 2 aromatic carbocycles. The molecule has 2 aliphatic rings. The van der Waals surface area contributed by atoms with Crippen LogP contribution in [-0.4, -0.2) is 32.8 Å². The van der Waals surface area contributed by atoms with Crippen LogP contribution in [0.2, 0.25) is 5.04 Å². The normalized spacial score (nSPS) is 29.8. The quantitative estimate of drug-likeness (QED) is 0.164. The van der Waals surface area contributed by atoms with E-state index in [0.717, 1.165) is 16.5 Å². The maximum Gasteiger partial charge on any atom is 0.302 e. The number of ether oxygens (including phenoxy) is 1. The number of Topliss-reactive ketones (excluding diaryl/α,β-unsaturated/α-hetero) is 1. The first-order valence-corrected chi connectivity index (χ1v) is 18.3. The van der Waals surface area contributed by atoms with Crippen LogP contribution in [0.25, 0.3) is 0 Å². The van der Waals surface area contributed by atoms with Gasteiger partial charge in [-0.15, -0.1) is 0 Å². The van der Waals surface area contributed by atoms with Crippen molar-refractivity contribution < 1.29 is 18.8 Å². The Bertz CT molecular complexity index is 1320. The van der Waals surface area contributed by atoms with Crippen LogP contribution >= 0.6 is 15.9 Å². The van der Waals surface area contributed by atoms with Crippen LogP contribution in [-0.2, 0) is 18.8 Å². The molecule has 4 nitrogen and oxygen atoms in total. The molecule has 0 bridgehead atoms. The minimum absolute atomic E-state index is 0.0341. The van der Waals surface area contributed by atoms with Gasteiger partial charge < -0.3 is 9.16 Å². The van der Waals surface area contributed by atoms with Gasteiger partial charge in [-0.25, -0.2) is 0 Å². The van der Waals surface area contributed by atoms with Crippen molar-refractivity contribution in [3.05, 3.63) is 82.9 Å². The van der Waals surface area contributed by atoms with E-state index in [9.17, 15) is 9.59 Å². The predicted molar refractivity (Wildman–Crippen MR) is 182 cm³/mol. The van der Waals surface area contributed by atoms with E-state index >= 15 is 0 Å². The summed E-state index contributed by atoms with van der Waals surface area (Å²) in [7, 11) is -2.84. The summed E-state index contributed by atoms with van der Waals surface area (Å²) in [6.45, 7) is 19.2. The first-order valence-electron chi connectivity index (χ1n) is 15.6. The second-order valence-electron chi connectivity index (χ2n) is 14.1.